The van der Waals surface area contributed by atoms with Gasteiger partial charge < -0.3 is 19.0 Å². The number of rotatable bonds is 5. The molecule has 1 aliphatic carbocycles. The van der Waals surface area contributed by atoms with Gasteiger partial charge in [0, 0.05) is 23.7 Å². The Morgan fingerprint density at radius 3 is 2.64 bits per heavy atom. The summed E-state index contributed by atoms with van der Waals surface area (Å²) in [5, 5.41) is 10.2. The monoisotopic (exact) mass is 375 g/mol. The Labute approximate surface area is 145 Å². The Morgan fingerprint density at radius 1 is 1.40 bits per heavy atom. The van der Waals surface area contributed by atoms with Crippen LogP contribution < -0.4 is 16.1 Å². The van der Waals surface area contributed by atoms with Gasteiger partial charge in [0.05, 0.1) is 18.3 Å². The second-order valence-electron chi connectivity index (χ2n) is 7.38. The van der Waals surface area contributed by atoms with E-state index in [1.54, 1.807) is 27.7 Å². The minimum atomic E-state index is -4.49. The van der Waals surface area contributed by atoms with Crippen molar-refractivity contribution in [3.05, 3.63) is 32.6 Å². The number of H-pyrrole nitrogens is 1. The first-order chi connectivity index (χ1) is 11.4. The van der Waals surface area contributed by atoms with Crippen molar-refractivity contribution in [2.45, 2.75) is 58.3 Å². The number of aliphatic hydroxyl groups is 1. The molecule has 9 nitrogen and oxygen atoms in total. The van der Waals surface area contributed by atoms with E-state index in [2.05, 4.69) is 4.98 Å². The molecule has 0 spiro atoms. The van der Waals surface area contributed by atoms with E-state index >= 15 is 0 Å². The summed E-state index contributed by atoms with van der Waals surface area (Å²) in [4.78, 5) is 37.4. The number of phosphoric acid groups is 1. The van der Waals surface area contributed by atoms with Crippen LogP contribution in [0.15, 0.2) is 15.8 Å². The number of aliphatic hydroxyl groups excluding tert-OH is 1. The summed E-state index contributed by atoms with van der Waals surface area (Å²) in [6.45, 7) is 6.12. The molecule has 4 unspecified atom stereocenters. The molecule has 1 aromatic rings. The molecule has 142 valence electrons. The van der Waals surface area contributed by atoms with Gasteiger partial charge in [-0.15, -0.1) is 0 Å². The van der Waals surface area contributed by atoms with E-state index in [0.29, 0.717) is 12.0 Å². The molecule has 0 aromatic carbocycles. The van der Waals surface area contributed by atoms with Gasteiger partial charge in [-0.2, -0.15) is 0 Å². The quantitative estimate of drug-likeness (QED) is 0.714. The van der Waals surface area contributed by atoms with Gasteiger partial charge in [-0.1, -0.05) is 0 Å². The Bertz CT molecular complexity index is 779. The summed E-state index contributed by atoms with van der Waals surface area (Å²) in [6.07, 6.45) is 1.24. The van der Waals surface area contributed by atoms with Crippen molar-refractivity contribution in [3.63, 3.8) is 0 Å². The highest BCUT2D eigenvalue weighted by atomic mass is 31.2. The molecule has 1 saturated carbocycles. The molecule has 0 bridgehead atoms. The minimum Gasteiger partial charge on any atom is -0.756 e. The lowest BCUT2D eigenvalue weighted by molar-refractivity contribution is -0.235. The predicted molar refractivity (Wildman–Crippen MR) is 88.2 cm³/mol. The van der Waals surface area contributed by atoms with Crippen molar-refractivity contribution in [1.29, 1.82) is 0 Å². The maximum absolute atomic E-state index is 11.9. The molecule has 0 saturated heterocycles. The highest BCUT2D eigenvalue weighted by Crippen LogP contribution is 2.45. The van der Waals surface area contributed by atoms with E-state index in [0.717, 1.165) is 0 Å². The van der Waals surface area contributed by atoms with Gasteiger partial charge in [-0.25, -0.2) is 4.79 Å². The van der Waals surface area contributed by atoms with Crippen molar-refractivity contribution in [1.82, 2.24) is 9.55 Å². The number of nitrogens with zero attached hydrogens (tertiary/aromatic N) is 1. The van der Waals surface area contributed by atoms with E-state index < -0.39 is 36.7 Å². The average Bonchev–Trinajstić information content (AvgIpc) is 2.79. The molecule has 2 N–H and O–H groups in total. The summed E-state index contributed by atoms with van der Waals surface area (Å²) in [6, 6.07) is -0.346. The summed E-state index contributed by atoms with van der Waals surface area (Å²) >= 11 is 0. The fraction of sp³-hybridized carbons (Fsp3) is 0.733. The molecule has 1 heterocycles. The number of nitrogens with one attached hydrogen (secondary N) is 1. The van der Waals surface area contributed by atoms with Crippen molar-refractivity contribution in [3.8, 4) is 0 Å². The maximum Gasteiger partial charge on any atom is 0.328 e. The summed E-state index contributed by atoms with van der Waals surface area (Å²) < 4.78 is 22.9. The van der Waals surface area contributed by atoms with Crippen molar-refractivity contribution in [2.75, 3.05) is 6.61 Å². The highest BCUT2D eigenvalue weighted by molar-refractivity contribution is 7.45. The SMILES string of the molecule is Cc1cn(C2CC(O)C(COP(=O)([O-])OC(C)(C)C)C2)c(=O)[nH]c1=O. The van der Waals surface area contributed by atoms with Crippen LogP contribution in [-0.2, 0) is 13.6 Å². The Morgan fingerprint density at radius 2 is 2.04 bits per heavy atom. The summed E-state index contributed by atoms with van der Waals surface area (Å²) in [5.74, 6) is -0.463. The largest absolute Gasteiger partial charge is 0.756 e. The van der Waals surface area contributed by atoms with Crippen LogP contribution in [0.4, 0.5) is 0 Å². The molecule has 25 heavy (non-hydrogen) atoms. The molecule has 10 heteroatoms. The third-order valence-electron chi connectivity index (χ3n) is 4.00. The normalized spacial score (nSPS) is 26.6. The van der Waals surface area contributed by atoms with Gasteiger partial charge in [-0.05, 0) is 40.5 Å². The molecule has 4 atom stereocenters. The standard InChI is InChI=1S/C15H25N2O7P/c1-9-7-17(14(20)16-13(9)19)11-5-10(12(18)6-11)8-23-25(21,22)24-15(2,3)4/h7,10-12,18H,5-6,8H2,1-4H3,(H,21,22)(H,16,19,20)/p-1. The smallest absolute Gasteiger partial charge is 0.328 e. The van der Waals surface area contributed by atoms with Crippen LogP contribution in [-0.4, -0.2) is 33.0 Å². The lowest BCUT2D eigenvalue weighted by Crippen LogP contribution is -2.32. The topological polar surface area (TPSA) is 134 Å². The molecular weight excluding hydrogens is 351 g/mol. The van der Waals surface area contributed by atoms with Crippen LogP contribution in [0.25, 0.3) is 0 Å². The fourth-order valence-electron chi connectivity index (χ4n) is 2.89. The van der Waals surface area contributed by atoms with Gasteiger partial charge in [0.2, 0.25) is 0 Å². The van der Waals surface area contributed by atoms with Crippen LogP contribution in [0.3, 0.4) is 0 Å². The summed E-state index contributed by atoms with van der Waals surface area (Å²) in [5.41, 5.74) is -1.53. The first-order valence-electron chi connectivity index (χ1n) is 8.04. The maximum atomic E-state index is 11.9. The summed E-state index contributed by atoms with van der Waals surface area (Å²) in [7, 11) is -4.49. The average molecular weight is 375 g/mol. The van der Waals surface area contributed by atoms with E-state index in [9.17, 15) is 24.2 Å². The zero-order valence-corrected chi connectivity index (χ0v) is 15.6. The molecule has 2 rings (SSSR count). The predicted octanol–water partition coefficient (Wildman–Crippen LogP) is 0.457. The molecular formula is C15H24N2O7P-. The van der Waals surface area contributed by atoms with E-state index in [1.165, 1.54) is 10.8 Å². The fourth-order valence-corrected chi connectivity index (χ4v) is 3.98. The second-order valence-corrected chi connectivity index (χ2v) is 8.71. The van der Waals surface area contributed by atoms with Crippen LogP contribution in [0, 0.1) is 12.8 Å². The van der Waals surface area contributed by atoms with E-state index in [1.807, 2.05) is 0 Å². The molecule has 1 fully saturated rings. The Balaban J connectivity index is 2.05. The van der Waals surface area contributed by atoms with Crippen molar-refractivity contribution >= 4 is 7.82 Å². The van der Waals surface area contributed by atoms with E-state index in [-0.39, 0.29) is 19.1 Å². The third kappa shape index (κ3) is 5.36. The van der Waals surface area contributed by atoms with Gasteiger partial charge in [0.1, 0.15) is 0 Å². The van der Waals surface area contributed by atoms with Crippen molar-refractivity contribution < 1.29 is 23.6 Å². The van der Waals surface area contributed by atoms with Crippen LogP contribution in [0.2, 0.25) is 0 Å². The lowest BCUT2D eigenvalue weighted by atomic mass is 10.1. The number of aromatic amines is 1. The lowest BCUT2D eigenvalue weighted by Gasteiger charge is -2.31. The molecule has 1 aliphatic rings. The first-order valence-corrected chi connectivity index (χ1v) is 9.50. The van der Waals surface area contributed by atoms with Gasteiger partial charge in [0.25, 0.3) is 13.4 Å². The highest BCUT2D eigenvalue weighted by Gasteiger charge is 2.35. The molecule has 1 aromatic heterocycles. The van der Waals surface area contributed by atoms with E-state index in [4.69, 9.17) is 9.05 Å². The number of hydrogen-bond donors (Lipinski definition) is 2. The molecule has 0 radical (unpaired) electrons. The minimum absolute atomic E-state index is 0.231. The Hall–Kier alpha value is -1.25. The van der Waals surface area contributed by atoms with Crippen LogP contribution in [0.5, 0.6) is 0 Å². The van der Waals surface area contributed by atoms with Crippen molar-refractivity contribution in [2.24, 2.45) is 5.92 Å². The molecule has 0 amide bonds. The second kappa shape index (κ2) is 7.17. The van der Waals surface area contributed by atoms with Crippen LogP contribution in [0.1, 0.15) is 45.2 Å². The first kappa shape index (κ1) is 20.1. The zero-order chi connectivity index (χ0) is 19.0. The van der Waals surface area contributed by atoms with Gasteiger partial charge in [0.15, 0.2) is 0 Å². The van der Waals surface area contributed by atoms with Crippen LogP contribution >= 0.6 is 7.82 Å². The number of phosphoric ester groups is 1. The number of aryl methyl sites for hydroxylation is 1. The third-order valence-corrected chi connectivity index (χ3v) is 5.24. The Kier molecular flexibility index (Phi) is 5.75. The number of hydrogen-bond acceptors (Lipinski definition) is 7. The van der Waals surface area contributed by atoms with Gasteiger partial charge in [-0.3, -0.25) is 18.9 Å². The number of aromatic nitrogens is 2. The zero-order valence-electron chi connectivity index (χ0n) is 14.7. The molecule has 0 aliphatic heterocycles. The van der Waals surface area contributed by atoms with Gasteiger partial charge >= 0.3 is 5.69 Å².